The highest BCUT2D eigenvalue weighted by atomic mass is 28.3. The normalized spacial score (nSPS) is 10.2. The number of rotatable bonds is 4. The zero-order chi connectivity index (χ0) is 8.81. The van der Waals surface area contributed by atoms with Crippen LogP contribution in [0.5, 0.6) is 0 Å². The second kappa shape index (κ2) is 4.98. The van der Waals surface area contributed by atoms with Crippen LogP contribution in [-0.2, 0) is 0 Å². The average Bonchev–Trinajstić information content (AvgIpc) is 2.06. The van der Waals surface area contributed by atoms with Gasteiger partial charge in [-0.05, 0) is 18.2 Å². The molecule has 1 rings (SSSR count). The monoisotopic (exact) mass is 178 g/mol. The molecule has 0 aliphatic heterocycles. The molecule has 0 saturated carbocycles. The lowest BCUT2D eigenvalue weighted by Crippen LogP contribution is -2.19. The predicted octanol–water partition coefficient (Wildman–Crippen LogP) is 3.13. The van der Waals surface area contributed by atoms with Gasteiger partial charge in [-0.15, -0.1) is 0 Å². The maximum Gasteiger partial charge on any atom is 0.163 e. The van der Waals surface area contributed by atoms with Crippen LogP contribution in [0.4, 0.5) is 5.69 Å². The minimum absolute atomic E-state index is 0.343. The van der Waals surface area contributed by atoms with E-state index in [2.05, 4.69) is 42.7 Å². The van der Waals surface area contributed by atoms with Gasteiger partial charge in [0.05, 0.1) is 0 Å². The van der Waals surface area contributed by atoms with Gasteiger partial charge in [-0.25, -0.2) is 0 Å². The molecule has 0 saturated heterocycles. The third-order valence-corrected chi connectivity index (χ3v) is 3.72. The van der Waals surface area contributed by atoms with Crippen molar-refractivity contribution >= 4 is 14.6 Å². The molecule has 0 heterocycles. The van der Waals surface area contributed by atoms with E-state index in [1.54, 1.807) is 0 Å². The Hall–Kier alpha value is -0.763. The van der Waals surface area contributed by atoms with E-state index in [1.807, 2.05) is 6.07 Å². The molecule has 1 nitrogen and oxygen atoms in total. The Morgan fingerprint density at radius 3 is 2.50 bits per heavy atom. The van der Waals surface area contributed by atoms with Gasteiger partial charge in [-0.3, -0.25) is 0 Å². The molecular formula is C10H16NSi. The molecule has 12 heavy (non-hydrogen) atoms. The van der Waals surface area contributed by atoms with E-state index >= 15 is 0 Å². The Bertz CT molecular complexity index is 210. The molecule has 0 aliphatic carbocycles. The summed E-state index contributed by atoms with van der Waals surface area (Å²) in [5, 5.41) is 0. The highest BCUT2D eigenvalue weighted by molar-refractivity contribution is 6.60. The van der Waals surface area contributed by atoms with E-state index in [0.717, 1.165) is 0 Å². The van der Waals surface area contributed by atoms with Gasteiger partial charge < -0.3 is 4.98 Å². The topological polar surface area (TPSA) is 12.0 Å². The molecule has 0 spiro atoms. The minimum atomic E-state index is -0.343. The van der Waals surface area contributed by atoms with Crippen LogP contribution in [0, 0.1) is 0 Å². The number of anilines is 1. The van der Waals surface area contributed by atoms with Crippen molar-refractivity contribution in [2.75, 3.05) is 4.98 Å². The third kappa shape index (κ3) is 3.09. The van der Waals surface area contributed by atoms with Crippen LogP contribution in [0.2, 0.25) is 12.6 Å². The zero-order valence-corrected chi connectivity index (χ0v) is 8.80. The molecule has 0 aromatic heterocycles. The number of nitrogens with one attached hydrogen (secondary N) is 1. The first-order chi connectivity index (χ1) is 5.83. The van der Waals surface area contributed by atoms with Crippen molar-refractivity contribution in [3.05, 3.63) is 30.3 Å². The van der Waals surface area contributed by atoms with Crippen LogP contribution in [0.3, 0.4) is 0 Å². The first-order valence-corrected chi connectivity index (χ1v) is 6.68. The maximum atomic E-state index is 3.54. The van der Waals surface area contributed by atoms with Crippen molar-refractivity contribution < 1.29 is 0 Å². The molecule has 0 unspecified atom stereocenters. The number of benzene rings is 1. The standard InChI is InChI=1S/C10H16NSi/c1-3-9-12(2)11-10-7-5-4-6-8-10/h4-8,11H,3,9H2,1-2H3. The second-order valence-corrected chi connectivity index (χ2v) is 5.33. The number of para-hydroxylation sites is 1. The first-order valence-electron chi connectivity index (χ1n) is 4.47. The Morgan fingerprint density at radius 1 is 1.25 bits per heavy atom. The fourth-order valence-corrected chi connectivity index (χ4v) is 2.74. The van der Waals surface area contributed by atoms with Gasteiger partial charge in [-0.1, -0.05) is 38.1 Å². The fraction of sp³-hybridized carbons (Fsp3) is 0.400. The molecule has 0 fully saturated rings. The number of hydrogen-bond donors (Lipinski definition) is 1. The van der Waals surface area contributed by atoms with Crippen LogP contribution in [0.1, 0.15) is 13.3 Å². The second-order valence-electron chi connectivity index (χ2n) is 3.02. The highest BCUT2D eigenvalue weighted by Gasteiger charge is 2.01. The van der Waals surface area contributed by atoms with Gasteiger partial charge in [0.2, 0.25) is 0 Å². The molecule has 65 valence electrons. The molecule has 1 radical (unpaired) electrons. The predicted molar refractivity (Wildman–Crippen MR) is 56.8 cm³/mol. The van der Waals surface area contributed by atoms with Crippen molar-refractivity contribution in [1.29, 1.82) is 0 Å². The summed E-state index contributed by atoms with van der Waals surface area (Å²) in [5.74, 6) is 0. The molecule has 0 amide bonds. The molecule has 2 heteroatoms. The molecule has 1 aromatic rings. The average molecular weight is 178 g/mol. The Kier molecular flexibility index (Phi) is 3.87. The van der Waals surface area contributed by atoms with Crippen LogP contribution in [0.15, 0.2) is 30.3 Å². The van der Waals surface area contributed by atoms with E-state index in [4.69, 9.17) is 0 Å². The Balaban J connectivity index is 2.41. The van der Waals surface area contributed by atoms with Crippen molar-refractivity contribution in [2.24, 2.45) is 0 Å². The lowest BCUT2D eigenvalue weighted by Gasteiger charge is -2.11. The van der Waals surface area contributed by atoms with E-state index in [0.29, 0.717) is 0 Å². The summed E-state index contributed by atoms with van der Waals surface area (Å²) in [7, 11) is -0.343. The molecule has 0 bridgehead atoms. The fourth-order valence-electron chi connectivity index (χ4n) is 1.21. The zero-order valence-electron chi connectivity index (χ0n) is 7.80. The summed E-state index contributed by atoms with van der Waals surface area (Å²) >= 11 is 0. The Labute approximate surface area is 76.5 Å². The van der Waals surface area contributed by atoms with Gasteiger partial charge in [-0.2, -0.15) is 0 Å². The summed E-state index contributed by atoms with van der Waals surface area (Å²) < 4.78 is 0. The molecule has 0 atom stereocenters. The van der Waals surface area contributed by atoms with Crippen LogP contribution >= 0.6 is 0 Å². The lowest BCUT2D eigenvalue weighted by molar-refractivity contribution is 1.06. The molecular weight excluding hydrogens is 162 g/mol. The van der Waals surface area contributed by atoms with E-state index in [9.17, 15) is 0 Å². The maximum absolute atomic E-state index is 3.54. The summed E-state index contributed by atoms with van der Waals surface area (Å²) in [4.78, 5) is 3.54. The summed E-state index contributed by atoms with van der Waals surface area (Å²) in [5.41, 5.74) is 1.27. The van der Waals surface area contributed by atoms with Crippen molar-refractivity contribution in [3.8, 4) is 0 Å². The summed E-state index contributed by atoms with van der Waals surface area (Å²) in [6, 6.07) is 11.8. The Morgan fingerprint density at radius 2 is 1.92 bits per heavy atom. The van der Waals surface area contributed by atoms with Crippen molar-refractivity contribution in [1.82, 2.24) is 0 Å². The van der Waals surface area contributed by atoms with Crippen LogP contribution < -0.4 is 4.98 Å². The first kappa shape index (κ1) is 9.33. The summed E-state index contributed by atoms with van der Waals surface area (Å²) in [6.07, 6.45) is 1.28. The largest absolute Gasteiger partial charge is 0.411 e. The summed E-state index contributed by atoms with van der Waals surface area (Å²) in [6.45, 7) is 4.56. The van der Waals surface area contributed by atoms with Crippen molar-refractivity contribution in [2.45, 2.75) is 25.9 Å². The molecule has 1 aromatic carbocycles. The van der Waals surface area contributed by atoms with Crippen molar-refractivity contribution in [3.63, 3.8) is 0 Å². The van der Waals surface area contributed by atoms with Gasteiger partial charge >= 0.3 is 0 Å². The van der Waals surface area contributed by atoms with Crippen LogP contribution in [0.25, 0.3) is 0 Å². The minimum Gasteiger partial charge on any atom is -0.411 e. The highest BCUT2D eigenvalue weighted by Crippen LogP contribution is 2.07. The quantitative estimate of drug-likeness (QED) is 0.698. The smallest absolute Gasteiger partial charge is 0.163 e. The third-order valence-electron chi connectivity index (χ3n) is 1.76. The number of hydrogen-bond acceptors (Lipinski definition) is 1. The molecule has 1 N–H and O–H groups in total. The van der Waals surface area contributed by atoms with E-state index in [1.165, 1.54) is 18.2 Å². The van der Waals surface area contributed by atoms with Crippen LogP contribution in [-0.4, -0.2) is 8.96 Å². The van der Waals surface area contributed by atoms with E-state index < -0.39 is 0 Å². The van der Waals surface area contributed by atoms with Gasteiger partial charge in [0, 0.05) is 5.69 Å². The SMILES string of the molecule is CCC[Si](C)Nc1ccccc1. The van der Waals surface area contributed by atoms with E-state index in [-0.39, 0.29) is 8.96 Å². The molecule has 0 aliphatic rings. The van der Waals surface area contributed by atoms with Gasteiger partial charge in [0.15, 0.2) is 8.96 Å². The lowest BCUT2D eigenvalue weighted by atomic mass is 10.3. The van der Waals surface area contributed by atoms with Gasteiger partial charge in [0.25, 0.3) is 0 Å². The van der Waals surface area contributed by atoms with Gasteiger partial charge in [0.1, 0.15) is 0 Å².